The van der Waals surface area contributed by atoms with Gasteiger partial charge in [0.2, 0.25) is 0 Å². The van der Waals surface area contributed by atoms with Gasteiger partial charge in [0.15, 0.2) is 0 Å². The van der Waals surface area contributed by atoms with E-state index < -0.39 is 6.04 Å². The zero-order valence-electron chi connectivity index (χ0n) is 11.4. The normalized spacial score (nSPS) is 17.9. The summed E-state index contributed by atoms with van der Waals surface area (Å²) in [5, 5.41) is 0. The Bertz CT molecular complexity index is 385. The highest BCUT2D eigenvalue weighted by atomic mass is 16.5. The van der Waals surface area contributed by atoms with Crippen molar-refractivity contribution in [3.63, 3.8) is 0 Å². The molecule has 0 heterocycles. The Morgan fingerprint density at radius 1 is 1.21 bits per heavy atom. The minimum absolute atomic E-state index is 0.101. The molecule has 0 bridgehead atoms. The minimum Gasteiger partial charge on any atom is -0.461 e. The number of carbonyl (C=O) groups is 1. The van der Waals surface area contributed by atoms with E-state index in [2.05, 4.69) is 12.1 Å². The standard InChI is InChI=1S/C16H23NO2/c17-15(12-11-13-7-3-1-4-8-13)16(18)19-14-9-5-2-6-10-14/h1,3-4,7-8,14-15H,2,5-6,9-12,17H2/t15-/m0/s1. The molecule has 1 aromatic carbocycles. The first-order chi connectivity index (χ1) is 9.25. The number of rotatable bonds is 5. The molecule has 0 saturated heterocycles. The van der Waals surface area contributed by atoms with Gasteiger partial charge in [0.05, 0.1) is 0 Å². The molecule has 0 aliphatic heterocycles. The quantitative estimate of drug-likeness (QED) is 0.829. The molecule has 0 spiro atoms. The summed E-state index contributed by atoms with van der Waals surface area (Å²) in [4.78, 5) is 11.9. The van der Waals surface area contributed by atoms with Crippen molar-refractivity contribution in [2.24, 2.45) is 5.73 Å². The number of ether oxygens (including phenoxy) is 1. The van der Waals surface area contributed by atoms with Gasteiger partial charge in [-0.15, -0.1) is 0 Å². The lowest BCUT2D eigenvalue weighted by Crippen LogP contribution is -2.36. The van der Waals surface area contributed by atoms with Crippen LogP contribution in [0.25, 0.3) is 0 Å². The number of hydrogen-bond donors (Lipinski definition) is 1. The maximum Gasteiger partial charge on any atom is 0.323 e. The van der Waals surface area contributed by atoms with Crippen molar-refractivity contribution in [2.45, 2.75) is 57.1 Å². The van der Waals surface area contributed by atoms with Crippen LogP contribution in [0.2, 0.25) is 0 Å². The van der Waals surface area contributed by atoms with Gasteiger partial charge < -0.3 is 10.5 Å². The number of aryl methyl sites for hydroxylation is 1. The van der Waals surface area contributed by atoms with E-state index in [1.165, 1.54) is 12.0 Å². The molecule has 0 radical (unpaired) electrons. The average Bonchev–Trinajstić information content (AvgIpc) is 2.47. The number of esters is 1. The van der Waals surface area contributed by atoms with Crippen molar-refractivity contribution in [3.8, 4) is 0 Å². The molecule has 19 heavy (non-hydrogen) atoms. The fraction of sp³-hybridized carbons (Fsp3) is 0.562. The first-order valence-electron chi connectivity index (χ1n) is 7.25. The van der Waals surface area contributed by atoms with Crippen LogP contribution in [0.3, 0.4) is 0 Å². The lowest BCUT2D eigenvalue weighted by atomic mass is 9.97. The molecule has 0 aromatic heterocycles. The van der Waals surface area contributed by atoms with E-state index in [0.717, 1.165) is 32.1 Å². The molecule has 1 aromatic rings. The van der Waals surface area contributed by atoms with Crippen LogP contribution in [0.1, 0.15) is 44.1 Å². The minimum atomic E-state index is -0.498. The zero-order valence-corrected chi connectivity index (χ0v) is 11.4. The van der Waals surface area contributed by atoms with Crippen molar-refractivity contribution in [3.05, 3.63) is 35.9 Å². The third-order valence-corrected chi connectivity index (χ3v) is 3.72. The highest BCUT2D eigenvalue weighted by Crippen LogP contribution is 2.20. The van der Waals surface area contributed by atoms with Crippen molar-refractivity contribution in [1.82, 2.24) is 0 Å². The van der Waals surface area contributed by atoms with Crippen molar-refractivity contribution < 1.29 is 9.53 Å². The van der Waals surface area contributed by atoms with Crippen LogP contribution in [0, 0.1) is 0 Å². The predicted molar refractivity (Wildman–Crippen MR) is 75.7 cm³/mol. The number of nitrogens with two attached hydrogens (primary N) is 1. The van der Waals surface area contributed by atoms with Crippen LogP contribution in [-0.4, -0.2) is 18.1 Å². The van der Waals surface area contributed by atoms with E-state index in [1.54, 1.807) is 0 Å². The molecule has 1 atom stereocenters. The molecule has 3 heteroatoms. The first-order valence-corrected chi connectivity index (χ1v) is 7.25. The highest BCUT2D eigenvalue weighted by molar-refractivity contribution is 5.75. The number of carbonyl (C=O) groups excluding carboxylic acids is 1. The van der Waals surface area contributed by atoms with E-state index in [4.69, 9.17) is 10.5 Å². The molecule has 1 saturated carbocycles. The zero-order chi connectivity index (χ0) is 13.5. The first kappa shape index (κ1) is 14.1. The average molecular weight is 261 g/mol. The van der Waals surface area contributed by atoms with Gasteiger partial charge in [-0.25, -0.2) is 0 Å². The molecular weight excluding hydrogens is 238 g/mol. The summed E-state index contributed by atoms with van der Waals surface area (Å²) >= 11 is 0. The molecule has 1 aliphatic carbocycles. The third kappa shape index (κ3) is 4.67. The van der Waals surface area contributed by atoms with Gasteiger partial charge in [0.1, 0.15) is 12.1 Å². The Morgan fingerprint density at radius 3 is 2.58 bits per heavy atom. The number of hydrogen-bond acceptors (Lipinski definition) is 3. The SMILES string of the molecule is N[C@@H](CCc1ccccc1)C(=O)OC1CCCCC1. The molecule has 2 rings (SSSR count). The summed E-state index contributed by atoms with van der Waals surface area (Å²) in [6.07, 6.45) is 7.15. The monoisotopic (exact) mass is 261 g/mol. The van der Waals surface area contributed by atoms with Gasteiger partial charge in [-0.2, -0.15) is 0 Å². The molecule has 1 aliphatic rings. The van der Waals surface area contributed by atoms with Crippen LogP contribution in [0.5, 0.6) is 0 Å². The highest BCUT2D eigenvalue weighted by Gasteiger charge is 2.21. The number of benzene rings is 1. The molecular formula is C16H23NO2. The molecule has 0 amide bonds. The van der Waals surface area contributed by atoms with E-state index in [-0.39, 0.29) is 12.1 Å². The third-order valence-electron chi connectivity index (χ3n) is 3.72. The van der Waals surface area contributed by atoms with Gasteiger partial charge in [-0.3, -0.25) is 4.79 Å². The van der Waals surface area contributed by atoms with Gasteiger partial charge >= 0.3 is 5.97 Å². The second-order valence-electron chi connectivity index (χ2n) is 5.33. The van der Waals surface area contributed by atoms with Gasteiger partial charge in [-0.1, -0.05) is 36.8 Å². The van der Waals surface area contributed by atoms with E-state index >= 15 is 0 Å². The van der Waals surface area contributed by atoms with Gasteiger partial charge in [0.25, 0.3) is 0 Å². The second kappa shape index (κ2) is 7.29. The van der Waals surface area contributed by atoms with Gasteiger partial charge in [0, 0.05) is 0 Å². The van der Waals surface area contributed by atoms with Crippen molar-refractivity contribution in [2.75, 3.05) is 0 Å². The summed E-state index contributed by atoms with van der Waals surface area (Å²) < 4.78 is 5.48. The lowest BCUT2D eigenvalue weighted by molar-refractivity contribution is -0.152. The molecule has 0 unspecified atom stereocenters. The molecule has 3 nitrogen and oxygen atoms in total. The van der Waals surface area contributed by atoms with Crippen LogP contribution < -0.4 is 5.73 Å². The van der Waals surface area contributed by atoms with Crippen molar-refractivity contribution in [1.29, 1.82) is 0 Å². The predicted octanol–water partition coefficient (Wildman–Crippen LogP) is 2.82. The Hall–Kier alpha value is -1.35. The Labute approximate surface area is 115 Å². The molecule has 2 N–H and O–H groups in total. The summed E-state index contributed by atoms with van der Waals surface area (Å²) in [7, 11) is 0. The van der Waals surface area contributed by atoms with E-state index in [0.29, 0.717) is 6.42 Å². The lowest BCUT2D eigenvalue weighted by Gasteiger charge is -2.23. The smallest absolute Gasteiger partial charge is 0.323 e. The largest absolute Gasteiger partial charge is 0.461 e. The van der Waals surface area contributed by atoms with Crippen LogP contribution >= 0.6 is 0 Å². The van der Waals surface area contributed by atoms with Crippen LogP contribution in [0.15, 0.2) is 30.3 Å². The molecule has 1 fully saturated rings. The Kier molecular flexibility index (Phi) is 5.40. The van der Waals surface area contributed by atoms with Crippen LogP contribution in [0.4, 0.5) is 0 Å². The van der Waals surface area contributed by atoms with Gasteiger partial charge in [-0.05, 0) is 44.1 Å². The fourth-order valence-electron chi connectivity index (χ4n) is 2.52. The van der Waals surface area contributed by atoms with Crippen molar-refractivity contribution >= 4 is 5.97 Å². The van der Waals surface area contributed by atoms with E-state index in [1.807, 2.05) is 18.2 Å². The summed E-state index contributed by atoms with van der Waals surface area (Å²) in [5.74, 6) is -0.233. The summed E-state index contributed by atoms with van der Waals surface area (Å²) in [6, 6.07) is 9.60. The Morgan fingerprint density at radius 2 is 1.89 bits per heavy atom. The Balaban J connectivity index is 1.72. The summed E-state index contributed by atoms with van der Waals surface area (Å²) in [5.41, 5.74) is 7.12. The van der Waals surface area contributed by atoms with E-state index in [9.17, 15) is 4.79 Å². The van der Waals surface area contributed by atoms with Crippen LogP contribution in [-0.2, 0) is 16.0 Å². The fourth-order valence-corrected chi connectivity index (χ4v) is 2.52. The maximum absolute atomic E-state index is 11.9. The summed E-state index contributed by atoms with van der Waals surface area (Å²) in [6.45, 7) is 0. The second-order valence-corrected chi connectivity index (χ2v) is 5.33. The molecule has 104 valence electrons. The maximum atomic E-state index is 11.9. The topological polar surface area (TPSA) is 52.3 Å².